The van der Waals surface area contributed by atoms with E-state index in [9.17, 15) is 9.59 Å². The van der Waals surface area contributed by atoms with Crippen molar-refractivity contribution in [2.75, 3.05) is 44.3 Å². The Balaban J connectivity index is 1.28. The van der Waals surface area contributed by atoms with Gasteiger partial charge in [0.2, 0.25) is 11.8 Å². The highest BCUT2D eigenvalue weighted by atomic mass is 32.2. The Morgan fingerprint density at radius 2 is 2.04 bits per heavy atom. The number of carbonyl (C=O) groups excluding carboxylic acids is 2. The van der Waals surface area contributed by atoms with Crippen LogP contribution in [0.15, 0.2) is 42.5 Å². The van der Waals surface area contributed by atoms with E-state index in [0.29, 0.717) is 19.7 Å². The van der Waals surface area contributed by atoms with Crippen molar-refractivity contribution < 1.29 is 19.1 Å². The summed E-state index contributed by atoms with van der Waals surface area (Å²) in [6, 6.07) is 9.59. The second-order valence-corrected chi connectivity index (χ2v) is 8.98. The van der Waals surface area contributed by atoms with Crippen LogP contribution in [0.3, 0.4) is 0 Å². The van der Waals surface area contributed by atoms with E-state index in [2.05, 4.69) is 0 Å². The first-order valence-corrected chi connectivity index (χ1v) is 11.0. The van der Waals surface area contributed by atoms with Gasteiger partial charge in [-0.3, -0.25) is 9.59 Å². The van der Waals surface area contributed by atoms with Gasteiger partial charge in [0.1, 0.15) is 18.0 Å². The van der Waals surface area contributed by atoms with Crippen molar-refractivity contribution in [3.63, 3.8) is 0 Å². The molecule has 2 amide bonds. The van der Waals surface area contributed by atoms with E-state index < -0.39 is 11.5 Å². The molecular weight excluding hydrogens is 376 g/mol. The Labute approximate surface area is 168 Å². The zero-order valence-corrected chi connectivity index (χ0v) is 16.5. The van der Waals surface area contributed by atoms with Crippen molar-refractivity contribution in [2.45, 2.75) is 11.7 Å². The van der Waals surface area contributed by atoms with Gasteiger partial charge in [0.15, 0.2) is 0 Å². The Hall–Kier alpha value is -1.99. The van der Waals surface area contributed by atoms with Crippen LogP contribution in [0, 0.1) is 11.8 Å². The lowest BCUT2D eigenvalue weighted by molar-refractivity contribution is -0.143. The SMILES string of the molecule is O=C([C@@H]1[C@@H]2C=C[C@@]3(CN(CCOc4ccccc4)C(=O)[C@H]13)O2)N1CCSCC1. The highest BCUT2D eigenvalue weighted by Gasteiger charge is 2.67. The monoisotopic (exact) mass is 400 g/mol. The van der Waals surface area contributed by atoms with Gasteiger partial charge in [-0.1, -0.05) is 30.4 Å². The minimum absolute atomic E-state index is 0.0215. The molecule has 0 unspecified atom stereocenters. The van der Waals surface area contributed by atoms with Crippen LogP contribution in [0.2, 0.25) is 0 Å². The zero-order valence-electron chi connectivity index (χ0n) is 15.7. The largest absolute Gasteiger partial charge is 0.492 e. The van der Waals surface area contributed by atoms with Crippen molar-refractivity contribution in [2.24, 2.45) is 11.8 Å². The molecule has 3 saturated heterocycles. The van der Waals surface area contributed by atoms with E-state index in [0.717, 1.165) is 30.3 Å². The van der Waals surface area contributed by atoms with Crippen molar-refractivity contribution in [1.29, 1.82) is 0 Å². The van der Waals surface area contributed by atoms with Gasteiger partial charge in [0.05, 0.1) is 31.0 Å². The number of hydrogen-bond acceptors (Lipinski definition) is 5. The highest BCUT2D eigenvalue weighted by molar-refractivity contribution is 7.99. The lowest BCUT2D eigenvalue weighted by atomic mass is 9.76. The number of carbonyl (C=O) groups is 2. The van der Waals surface area contributed by atoms with Crippen LogP contribution in [0.1, 0.15) is 0 Å². The van der Waals surface area contributed by atoms with E-state index in [1.807, 2.05) is 59.1 Å². The first-order chi connectivity index (χ1) is 13.7. The second kappa shape index (κ2) is 7.12. The lowest BCUT2D eigenvalue weighted by Gasteiger charge is -2.32. The van der Waals surface area contributed by atoms with Gasteiger partial charge in [-0.25, -0.2) is 0 Å². The number of amides is 2. The predicted molar refractivity (Wildman–Crippen MR) is 106 cm³/mol. The molecule has 5 rings (SSSR count). The van der Waals surface area contributed by atoms with Crippen LogP contribution < -0.4 is 4.74 Å². The third-order valence-corrected chi connectivity index (χ3v) is 7.10. The molecular formula is C21H24N2O4S. The fourth-order valence-corrected chi connectivity index (χ4v) is 5.74. The summed E-state index contributed by atoms with van der Waals surface area (Å²) < 4.78 is 12.0. The van der Waals surface area contributed by atoms with E-state index in [1.54, 1.807) is 4.90 Å². The average Bonchev–Trinajstić information content (AvgIpc) is 3.37. The molecule has 0 radical (unpaired) electrons. The fraction of sp³-hybridized carbons (Fsp3) is 0.524. The third kappa shape index (κ3) is 2.92. The minimum Gasteiger partial charge on any atom is -0.492 e. The predicted octanol–water partition coefficient (Wildman–Crippen LogP) is 1.42. The molecule has 6 nitrogen and oxygen atoms in total. The average molecular weight is 401 g/mol. The third-order valence-electron chi connectivity index (χ3n) is 6.16. The van der Waals surface area contributed by atoms with Crippen molar-refractivity contribution >= 4 is 23.6 Å². The number of nitrogens with zero attached hydrogens (tertiary/aromatic N) is 2. The first-order valence-electron chi connectivity index (χ1n) is 9.88. The van der Waals surface area contributed by atoms with Crippen molar-refractivity contribution in [3.8, 4) is 5.75 Å². The van der Waals surface area contributed by atoms with Gasteiger partial charge in [-0.2, -0.15) is 11.8 Å². The molecule has 148 valence electrons. The summed E-state index contributed by atoms with van der Waals surface area (Å²) in [6.45, 7) is 2.95. The first kappa shape index (κ1) is 18.1. The number of hydrogen-bond donors (Lipinski definition) is 0. The summed E-state index contributed by atoms with van der Waals surface area (Å²) in [4.78, 5) is 30.1. The summed E-state index contributed by atoms with van der Waals surface area (Å²) in [6.07, 6.45) is 3.72. The van der Waals surface area contributed by atoms with Crippen LogP contribution in [0.4, 0.5) is 0 Å². The molecule has 7 heteroatoms. The number of fused-ring (bicyclic) bond motifs is 1. The molecule has 4 heterocycles. The van der Waals surface area contributed by atoms with Crippen molar-refractivity contribution in [1.82, 2.24) is 9.80 Å². The minimum atomic E-state index is -0.640. The van der Waals surface area contributed by atoms with E-state index in [1.165, 1.54) is 0 Å². The summed E-state index contributed by atoms with van der Waals surface area (Å²) in [5.74, 6) is 2.03. The molecule has 0 saturated carbocycles. The molecule has 0 aliphatic carbocycles. The molecule has 2 bridgehead atoms. The molecule has 4 atom stereocenters. The Bertz CT molecular complexity index is 795. The number of rotatable bonds is 5. The molecule has 4 aliphatic rings. The van der Waals surface area contributed by atoms with Gasteiger partial charge in [-0.05, 0) is 12.1 Å². The van der Waals surface area contributed by atoms with E-state index in [-0.39, 0.29) is 23.8 Å². The maximum absolute atomic E-state index is 13.2. The van der Waals surface area contributed by atoms with Crippen LogP contribution in [0.25, 0.3) is 0 Å². The van der Waals surface area contributed by atoms with Gasteiger partial charge in [0.25, 0.3) is 0 Å². The smallest absolute Gasteiger partial charge is 0.230 e. The summed E-state index contributed by atoms with van der Waals surface area (Å²) in [5, 5.41) is 0. The van der Waals surface area contributed by atoms with Crippen LogP contribution in [-0.4, -0.2) is 77.6 Å². The van der Waals surface area contributed by atoms with Crippen LogP contribution >= 0.6 is 11.8 Å². The summed E-state index contributed by atoms with van der Waals surface area (Å²) in [5.41, 5.74) is -0.640. The van der Waals surface area contributed by atoms with E-state index >= 15 is 0 Å². The normalized spacial score (nSPS) is 33.4. The molecule has 28 heavy (non-hydrogen) atoms. The molecule has 3 fully saturated rings. The molecule has 1 spiro atoms. The standard InChI is InChI=1S/C21H24N2O4S/c24-19(22-9-12-28-13-10-22)17-16-6-7-21(27-16)14-23(20(25)18(17)21)8-11-26-15-4-2-1-3-5-15/h1-7,16-18H,8-14H2/t16-,17+,18-,21-/m0/s1. The highest BCUT2D eigenvalue weighted by Crippen LogP contribution is 2.52. The zero-order chi connectivity index (χ0) is 19.1. The van der Waals surface area contributed by atoms with Gasteiger partial charge >= 0.3 is 0 Å². The van der Waals surface area contributed by atoms with Crippen LogP contribution in [-0.2, 0) is 14.3 Å². The number of para-hydroxylation sites is 1. The van der Waals surface area contributed by atoms with Gasteiger partial charge < -0.3 is 19.3 Å². The maximum atomic E-state index is 13.2. The number of likely N-dealkylation sites (tertiary alicyclic amines) is 1. The summed E-state index contributed by atoms with van der Waals surface area (Å²) in [7, 11) is 0. The molecule has 4 aliphatic heterocycles. The molecule has 1 aromatic carbocycles. The number of thioether (sulfide) groups is 1. The quantitative estimate of drug-likeness (QED) is 0.700. The molecule has 0 aromatic heterocycles. The Morgan fingerprint density at radius 3 is 2.82 bits per heavy atom. The Kier molecular flexibility index (Phi) is 4.59. The number of benzene rings is 1. The van der Waals surface area contributed by atoms with Crippen LogP contribution in [0.5, 0.6) is 5.75 Å². The van der Waals surface area contributed by atoms with Crippen molar-refractivity contribution in [3.05, 3.63) is 42.5 Å². The number of ether oxygens (including phenoxy) is 2. The van der Waals surface area contributed by atoms with Gasteiger partial charge in [-0.15, -0.1) is 0 Å². The van der Waals surface area contributed by atoms with Gasteiger partial charge in [0, 0.05) is 24.6 Å². The lowest BCUT2D eigenvalue weighted by Crippen LogP contribution is -2.48. The Morgan fingerprint density at radius 1 is 1.25 bits per heavy atom. The summed E-state index contributed by atoms with van der Waals surface area (Å²) >= 11 is 1.87. The molecule has 0 N–H and O–H groups in total. The van der Waals surface area contributed by atoms with E-state index in [4.69, 9.17) is 9.47 Å². The fourth-order valence-electron chi connectivity index (χ4n) is 4.83. The second-order valence-electron chi connectivity index (χ2n) is 7.76. The molecule has 1 aromatic rings. The maximum Gasteiger partial charge on any atom is 0.230 e. The topological polar surface area (TPSA) is 59.1 Å².